The van der Waals surface area contributed by atoms with Gasteiger partial charge in [0, 0.05) is 4.88 Å². The molecule has 1 heterocycles. The van der Waals surface area contributed by atoms with Crippen molar-refractivity contribution in [3.8, 4) is 5.75 Å². The van der Waals surface area contributed by atoms with E-state index in [9.17, 15) is 9.59 Å². The van der Waals surface area contributed by atoms with Crippen LogP contribution in [0.4, 0.5) is 5.00 Å². The molecule has 0 spiro atoms. The Balaban J connectivity index is 2.12. The number of carbonyl (C=O) groups excluding carboxylic acids is 2. The minimum Gasteiger partial charge on any atom is -0.483 e. The number of primary amides is 1. The van der Waals surface area contributed by atoms with E-state index in [2.05, 4.69) is 5.32 Å². The summed E-state index contributed by atoms with van der Waals surface area (Å²) in [7, 11) is 0. The maximum absolute atomic E-state index is 12.2. The number of amides is 2. The van der Waals surface area contributed by atoms with Gasteiger partial charge in [0.25, 0.3) is 11.8 Å². The molecule has 0 unspecified atom stereocenters. The number of benzene rings is 1. The smallest absolute Gasteiger partial charge is 0.262 e. The number of nitrogens with one attached hydrogen (secondary N) is 1. The summed E-state index contributed by atoms with van der Waals surface area (Å²) in [6.07, 6.45) is 0.690. The van der Waals surface area contributed by atoms with E-state index in [1.807, 2.05) is 45.9 Å². The first-order valence-corrected chi connectivity index (χ1v) is 8.57. The normalized spacial score (nSPS) is 10.5. The van der Waals surface area contributed by atoms with Crippen molar-refractivity contribution >= 4 is 28.2 Å². The van der Waals surface area contributed by atoms with Gasteiger partial charge in [-0.15, -0.1) is 11.3 Å². The zero-order valence-electron chi connectivity index (χ0n) is 14.4. The van der Waals surface area contributed by atoms with Crippen LogP contribution in [0, 0.1) is 20.8 Å². The molecule has 2 amide bonds. The Hall–Kier alpha value is -2.34. The van der Waals surface area contributed by atoms with E-state index in [4.69, 9.17) is 10.5 Å². The summed E-state index contributed by atoms with van der Waals surface area (Å²) in [6, 6.07) is 5.81. The molecule has 0 bridgehead atoms. The van der Waals surface area contributed by atoms with Gasteiger partial charge in [-0.25, -0.2) is 0 Å². The summed E-state index contributed by atoms with van der Waals surface area (Å²) < 4.78 is 5.64. The maximum atomic E-state index is 12.2. The SMILES string of the molecule is CCc1c(C)sc(NC(=O)COc2c(C)cccc2C)c1C(N)=O. The quantitative estimate of drug-likeness (QED) is 0.841. The number of hydrogen-bond acceptors (Lipinski definition) is 4. The third-order valence-electron chi connectivity index (χ3n) is 3.82. The van der Waals surface area contributed by atoms with E-state index < -0.39 is 5.91 Å². The third-order valence-corrected chi connectivity index (χ3v) is 4.88. The molecule has 128 valence electrons. The summed E-state index contributed by atoms with van der Waals surface area (Å²) >= 11 is 1.36. The number of hydrogen-bond donors (Lipinski definition) is 2. The van der Waals surface area contributed by atoms with Crippen LogP contribution in [0.15, 0.2) is 18.2 Å². The van der Waals surface area contributed by atoms with Gasteiger partial charge in [-0.1, -0.05) is 25.1 Å². The van der Waals surface area contributed by atoms with Gasteiger partial charge in [-0.3, -0.25) is 9.59 Å². The monoisotopic (exact) mass is 346 g/mol. The molecule has 2 aromatic rings. The number of para-hydroxylation sites is 1. The summed E-state index contributed by atoms with van der Waals surface area (Å²) in [4.78, 5) is 24.9. The van der Waals surface area contributed by atoms with Crippen LogP contribution in [-0.4, -0.2) is 18.4 Å². The number of rotatable bonds is 6. The Morgan fingerprint density at radius 2 is 1.83 bits per heavy atom. The fourth-order valence-corrected chi connectivity index (χ4v) is 3.85. The second-order valence-electron chi connectivity index (χ2n) is 5.62. The molecule has 0 fully saturated rings. The van der Waals surface area contributed by atoms with Gasteiger partial charge in [-0.2, -0.15) is 0 Å². The van der Waals surface area contributed by atoms with E-state index in [1.54, 1.807) is 0 Å². The molecule has 24 heavy (non-hydrogen) atoms. The molecule has 5 nitrogen and oxygen atoms in total. The van der Waals surface area contributed by atoms with Gasteiger partial charge < -0.3 is 15.8 Å². The molecule has 3 N–H and O–H groups in total. The molecule has 1 aromatic carbocycles. The third kappa shape index (κ3) is 3.76. The molecular formula is C18H22N2O3S. The van der Waals surface area contributed by atoms with Crippen molar-refractivity contribution in [2.24, 2.45) is 5.73 Å². The van der Waals surface area contributed by atoms with Crippen LogP contribution in [0.1, 0.15) is 38.8 Å². The van der Waals surface area contributed by atoms with Crippen molar-refractivity contribution < 1.29 is 14.3 Å². The predicted molar refractivity (Wildman–Crippen MR) is 97.0 cm³/mol. The largest absolute Gasteiger partial charge is 0.483 e. The molecule has 0 atom stereocenters. The minimum absolute atomic E-state index is 0.123. The Bertz CT molecular complexity index is 761. The number of nitrogens with two attached hydrogens (primary N) is 1. The van der Waals surface area contributed by atoms with Crippen LogP contribution in [0.2, 0.25) is 0 Å². The highest BCUT2D eigenvalue weighted by Crippen LogP contribution is 2.33. The van der Waals surface area contributed by atoms with Crippen LogP contribution < -0.4 is 15.8 Å². The molecule has 0 aliphatic heterocycles. The van der Waals surface area contributed by atoms with Gasteiger partial charge >= 0.3 is 0 Å². The molecule has 0 aliphatic carbocycles. The summed E-state index contributed by atoms with van der Waals surface area (Å²) in [5, 5.41) is 3.24. The van der Waals surface area contributed by atoms with E-state index in [0.29, 0.717) is 22.7 Å². The molecule has 1 aromatic heterocycles. The van der Waals surface area contributed by atoms with E-state index in [1.165, 1.54) is 11.3 Å². The maximum Gasteiger partial charge on any atom is 0.262 e. The highest BCUT2D eigenvalue weighted by Gasteiger charge is 2.20. The second-order valence-corrected chi connectivity index (χ2v) is 6.84. The molecule has 6 heteroatoms. The van der Waals surface area contributed by atoms with Crippen molar-refractivity contribution in [2.75, 3.05) is 11.9 Å². The first kappa shape index (κ1) is 18.0. The Kier molecular flexibility index (Phi) is 5.62. The van der Waals surface area contributed by atoms with Crippen molar-refractivity contribution in [1.29, 1.82) is 0 Å². The van der Waals surface area contributed by atoms with Crippen LogP contribution in [0.25, 0.3) is 0 Å². The van der Waals surface area contributed by atoms with Gasteiger partial charge in [0.05, 0.1) is 5.56 Å². The number of anilines is 1. The standard InChI is InChI=1S/C18H22N2O3S/c1-5-13-12(4)24-18(15(13)17(19)22)20-14(21)9-23-16-10(2)7-6-8-11(16)3/h6-8H,5,9H2,1-4H3,(H2,19,22)(H,20,21). The lowest BCUT2D eigenvalue weighted by molar-refractivity contribution is -0.118. The topological polar surface area (TPSA) is 81.4 Å². The van der Waals surface area contributed by atoms with Crippen LogP contribution in [-0.2, 0) is 11.2 Å². The number of aryl methyl sites for hydroxylation is 3. The first-order chi connectivity index (χ1) is 11.3. The fraction of sp³-hybridized carbons (Fsp3) is 0.333. The van der Waals surface area contributed by atoms with Crippen LogP contribution >= 0.6 is 11.3 Å². The molecule has 0 saturated heterocycles. The highest BCUT2D eigenvalue weighted by atomic mass is 32.1. The molecule has 0 radical (unpaired) electrons. The highest BCUT2D eigenvalue weighted by molar-refractivity contribution is 7.16. The zero-order valence-corrected chi connectivity index (χ0v) is 15.2. The fourth-order valence-electron chi connectivity index (χ4n) is 2.68. The van der Waals surface area contributed by atoms with Crippen molar-refractivity contribution in [2.45, 2.75) is 34.1 Å². The van der Waals surface area contributed by atoms with E-state index in [0.717, 1.165) is 21.6 Å². The number of ether oxygens (including phenoxy) is 1. The van der Waals surface area contributed by atoms with Gasteiger partial charge in [0.1, 0.15) is 10.8 Å². The van der Waals surface area contributed by atoms with Crippen molar-refractivity contribution in [3.05, 3.63) is 45.3 Å². The van der Waals surface area contributed by atoms with Crippen LogP contribution in [0.3, 0.4) is 0 Å². The minimum atomic E-state index is -0.526. The Labute approximate surface area is 145 Å². The van der Waals surface area contributed by atoms with E-state index >= 15 is 0 Å². The van der Waals surface area contributed by atoms with E-state index in [-0.39, 0.29) is 12.5 Å². The van der Waals surface area contributed by atoms with Gasteiger partial charge in [-0.05, 0) is 43.9 Å². The summed E-state index contributed by atoms with van der Waals surface area (Å²) in [5.41, 5.74) is 8.71. The molecule has 2 rings (SSSR count). The number of thiophene rings is 1. The molecule has 0 saturated carbocycles. The molecular weight excluding hydrogens is 324 g/mol. The predicted octanol–water partition coefficient (Wildman–Crippen LogP) is 3.35. The lowest BCUT2D eigenvalue weighted by atomic mass is 10.1. The Morgan fingerprint density at radius 3 is 2.38 bits per heavy atom. The van der Waals surface area contributed by atoms with Crippen molar-refractivity contribution in [1.82, 2.24) is 0 Å². The van der Waals surface area contributed by atoms with Gasteiger partial charge in [0.2, 0.25) is 0 Å². The summed E-state index contributed by atoms with van der Waals surface area (Å²) in [6.45, 7) is 7.61. The first-order valence-electron chi connectivity index (χ1n) is 7.76. The zero-order chi connectivity index (χ0) is 17.9. The second kappa shape index (κ2) is 7.49. The average Bonchev–Trinajstić information content (AvgIpc) is 2.82. The molecule has 0 aliphatic rings. The average molecular weight is 346 g/mol. The summed E-state index contributed by atoms with van der Waals surface area (Å²) in [5.74, 6) is -0.134. The Morgan fingerprint density at radius 1 is 1.21 bits per heavy atom. The number of carbonyl (C=O) groups is 2. The van der Waals surface area contributed by atoms with Gasteiger partial charge in [0.15, 0.2) is 6.61 Å². The van der Waals surface area contributed by atoms with Crippen LogP contribution in [0.5, 0.6) is 5.75 Å². The lowest BCUT2D eigenvalue weighted by Gasteiger charge is -2.12. The lowest BCUT2D eigenvalue weighted by Crippen LogP contribution is -2.22. The van der Waals surface area contributed by atoms with Crippen molar-refractivity contribution in [3.63, 3.8) is 0 Å².